The van der Waals surface area contributed by atoms with Crippen molar-refractivity contribution in [1.29, 1.82) is 0 Å². The molecule has 72 valence electrons. The fourth-order valence-corrected chi connectivity index (χ4v) is 0.523. The molecule has 0 spiro atoms. The summed E-state index contributed by atoms with van der Waals surface area (Å²) >= 11 is 0. The van der Waals surface area contributed by atoms with E-state index in [1.54, 1.807) is 0 Å². The minimum absolute atomic E-state index is 0. The van der Waals surface area contributed by atoms with Gasteiger partial charge in [-0.05, 0) is 13.5 Å². The summed E-state index contributed by atoms with van der Waals surface area (Å²) in [5.41, 5.74) is 0. The Hall–Kier alpha value is -0.0800. The summed E-state index contributed by atoms with van der Waals surface area (Å²) in [6.45, 7) is 8.89. The molecule has 0 aliphatic rings. The highest BCUT2D eigenvalue weighted by atomic mass is 16.5. The van der Waals surface area contributed by atoms with E-state index in [0.29, 0.717) is 0 Å². The first-order valence-electron chi connectivity index (χ1n) is 4.64. The van der Waals surface area contributed by atoms with Crippen LogP contribution in [0.3, 0.4) is 0 Å². The second-order valence-electron chi connectivity index (χ2n) is 2.07. The van der Waals surface area contributed by atoms with Crippen molar-refractivity contribution < 1.29 is 6.16 Å². The second-order valence-corrected chi connectivity index (χ2v) is 2.07. The van der Waals surface area contributed by atoms with Gasteiger partial charge in [0.25, 0.3) is 0 Å². The van der Waals surface area contributed by atoms with Crippen LogP contribution < -0.4 is 5.32 Å². The Morgan fingerprint density at radius 3 is 2.36 bits per heavy atom. The summed E-state index contributed by atoms with van der Waals surface area (Å²) < 4.78 is 5.25. The van der Waals surface area contributed by atoms with Gasteiger partial charge in [0.15, 0.2) is 0 Å². The van der Waals surface area contributed by atoms with Crippen LogP contribution in [0.2, 0.25) is 0 Å². The zero-order chi connectivity index (χ0) is 8.95. The van der Waals surface area contributed by atoms with Crippen LogP contribution in [0.15, 0.2) is 0 Å². The number of hydrogen-bond acceptors (Lipinski definition) is 2. The molecule has 0 bridgehead atoms. The Morgan fingerprint density at radius 2 is 1.91 bits per heavy atom. The van der Waals surface area contributed by atoms with E-state index >= 15 is 0 Å². The van der Waals surface area contributed by atoms with Crippen molar-refractivity contribution in [2.75, 3.05) is 26.8 Å². The molecule has 0 aromatic heterocycles. The molecule has 0 aliphatic carbocycles. The zero-order valence-corrected chi connectivity index (χ0v) is 8.44. The molecule has 0 radical (unpaired) electrons. The highest BCUT2D eigenvalue weighted by Crippen LogP contribution is 1.85. The predicted molar refractivity (Wildman–Crippen MR) is 53.1 cm³/mol. The third kappa shape index (κ3) is 17.8. The summed E-state index contributed by atoms with van der Waals surface area (Å²) in [5.74, 6) is 0. The van der Waals surface area contributed by atoms with E-state index in [4.69, 9.17) is 4.74 Å². The van der Waals surface area contributed by atoms with E-state index in [1.165, 1.54) is 12.8 Å². The van der Waals surface area contributed by atoms with Gasteiger partial charge in [-0.2, -0.15) is 0 Å². The van der Waals surface area contributed by atoms with Crippen LogP contribution in [-0.2, 0) is 4.74 Å². The summed E-state index contributed by atoms with van der Waals surface area (Å²) in [7, 11) is 1.93. The van der Waals surface area contributed by atoms with Gasteiger partial charge < -0.3 is 10.1 Å². The van der Waals surface area contributed by atoms with Gasteiger partial charge in [-0.1, -0.05) is 27.2 Å². The first kappa shape index (κ1) is 13.5. The van der Waals surface area contributed by atoms with Crippen LogP contribution in [0.5, 0.6) is 0 Å². The van der Waals surface area contributed by atoms with E-state index in [0.717, 1.165) is 19.8 Å². The molecule has 2 nitrogen and oxygen atoms in total. The summed E-state index contributed by atoms with van der Waals surface area (Å²) in [6, 6.07) is 0. The van der Waals surface area contributed by atoms with Gasteiger partial charge in [0.1, 0.15) is 0 Å². The van der Waals surface area contributed by atoms with E-state index in [1.807, 2.05) is 20.9 Å². The molecule has 0 saturated carbocycles. The molecule has 0 saturated heterocycles. The van der Waals surface area contributed by atoms with Gasteiger partial charge in [0.2, 0.25) is 0 Å². The van der Waals surface area contributed by atoms with Gasteiger partial charge in [-0.25, -0.2) is 0 Å². The van der Waals surface area contributed by atoms with Crippen molar-refractivity contribution in [3.05, 3.63) is 0 Å². The molecule has 2 heteroatoms. The zero-order valence-electron chi connectivity index (χ0n) is 8.44. The molecule has 0 aliphatic heterocycles. The third-order valence-electron chi connectivity index (χ3n) is 1.14. The van der Waals surface area contributed by atoms with Crippen molar-refractivity contribution in [2.24, 2.45) is 0 Å². The number of unbranched alkanes of at least 4 members (excludes halogenated alkanes) is 1. The van der Waals surface area contributed by atoms with Gasteiger partial charge in [-0.15, -0.1) is 0 Å². The molecule has 11 heavy (non-hydrogen) atoms. The van der Waals surface area contributed by atoms with Gasteiger partial charge in [0.05, 0.1) is 6.61 Å². The molecule has 0 heterocycles. The lowest BCUT2D eigenvalue weighted by molar-refractivity contribution is 0.134. The molecular weight excluding hydrogens is 138 g/mol. The molecule has 0 atom stereocenters. The maximum Gasteiger partial charge on any atom is 0.0590 e. The Balaban J connectivity index is -0.000000249. The average molecular weight is 163 g/mol. The van der Waals surface area contributed by atoms with Crippen molar-refractivity contribution >= 4 is 0 Å². The van der Waals surface area contributed by atoms with Crippen LogP contribution in [0.1, 0.15) is 35.0 Å². The molecule has 0 fully saturated rings. The van der Waals surface area contributed by atoms with Gasteiger partial charge in [0, 0.05) is 14.6 Å². The van der Waals surface area contributed by atoms with Crippen molar-refractivity contribution in [2.45, 2.75) is 33.6 Å². The largest absolute Gasteiger partial charge is 0.380 e. The Bertz CT molecular complexity index is 47.8. The van der Waals surface area contributed by atoms with Crippen molar-refractivity contribution in [3.8, 4) is 0 Å². The molecule has 0 aromatic rings. The first-order valence-corrected chi connectivity index (χ1v) is 4.64. The van der Waals surface area contributed by atoms with E-state index in [9.17, 15) is 0 Å². The highest BCUT2D eigenvalue weighted by Gasteiger charge is 1.83. The number of ether oxygens (including phenoxy) is 1. The summed E-state index contributed by atoms with van der Waals surface area (Å²) in [6.07, 6.45) is 2.41. The smallest absolute Gasteiger partial charge is 0.0590 e. The fraction of sp³-hybridized carbons (Fsp3) is 1.00. The number of likely N-dealkylation sites (N-methyl/N-ethyl adjacent to an activating group) is 1. The number of hydrogen-bond donors (Lipinski definition) is 1. The second kappa shape index (κ2) is 16.5. The molecule has 0 amide bonds. The van der Waals surface area contributed by atoms with Crippen LogP contribution in [0, 0.1) is 0 Å². The first-order chi connectivity index (χ1) is 5.41. The SMILES string of the molecule is CC.CCCCOCCNC.[HH]. The maximum absolute atomic E-state index is 5.25. The van der Waals surface area contributed by atoms with E-state index < -0.39 is 0 Å². The minimum atomic E-state index is 0. The lowest BCUT2D eigenvalue weighted by atomic mass is 10.4. The van der Waals surface area contributed by atoms with Crippen LogP contribution in [-0.4, -0.2) is 26.8 Å². The summed E-state index contributed by atoms with van der Waals surface area (Å²) in [5, 5.41) is 3.02. The standard InChI is InChI=1S/C7H17NO.C2H6.H2/c1-3-4-6-9-7-5-8-2;1-2;/h8H,3-7H2,1-2H3;1-2H3;1H. The molecular formula is C9H25NO. The number of nitrogens with one attached hydrogen (secondary N) is 1. The lowest BCUT2D eigenvalue weighted by Gasteiger charge is -2.00. The highest BCUT2D eigenvalue weighted by molar-refractivity contribution is 4.36. The quantitative estimate of drug-likeness (QED) is 0.607. The lowest BCUT2D eigenvalue weighted by Crippen LogP contribution is -2.14. The topological polar surface area (TPSA) is 21.3 Å². The number of rotatable bonds is 6. The van der Waals surface area contributed by atoms with E-state index in [2.05, 4.69) is 12.2 Å². The predicted octanol–water partition coefficient (Wildman–Crippen LogP) is 2.29. The molecule has 0 rings (SSSR count). The van der Waals surface area contributed by atoms with Crippen LogP contribution in [0.25, 0.3) is 0 Å². The Morgan fingerprint density at radius 1 is 1.27 bits per heavy atom. The maximum atomic E-state index is 5.25. The Kier molecular flexibility index (Phi) is 20.2. The van der Waals surface area contributed by atoms with Crippen LogP contribution >= 0.6 is 0 Å². The minimum Gasteiger partial charge on any atom is -0.380 e. The van der Waals surface area contributed by atoms with Gasteiger partial charge >= 0.3 is 0 Å². The van der Waals surface area contributed by atoms with Gasteiger partial charge in [-0.3, -0.25) is 0 Å². The molecule has 1 N–H and O–H groups in total. The fourth-order valence-electron chi connectivity index (χ4n) is 0.523. The van der Waals surface area contributed by atoms with Crippen molar-refractivity contribution in [1.82, 2.24) is 5.32 Å². The average Bonchev–Trinajstić information content (AvgIpc) is 2.08. The van der Waals surface area contributed by atoms with Crippen molar-refractivity contribution in [3.63, 3.8) is 0 Å². The van der Waals surface area contributed by atoms with Crippen LogP contribution in [0.4, 0.5) is 0 Å². The monoisotopic (exact) mass is 163 g/mol. The van der Waals surface area contributed by atoms with E-state index in [-0.39, 0.29) is 1.43 Å². The summed E-state index contributed by atoms with van der Waals surface area (Å²) in [4.78, 5) is 0. The molecule has 0 unspecified atom stereocenters. The molecule has 0 aromatic carbocycles. The third-order valence-corrected chi connectivity index (χ3v) is 1.14. The normalized spacial score (nSPS) is 8.73. The Labute approximate surface area is 72.8 Å².